The number of carboxylic acid groups (broad SMARTS) is 1. The van der Waals surface area contributed by atoms with E-state index in [0.29, 0.717) is 0 Å². The SMILES string of the molecule is CC(CC(=O)O)c1ccc2c(c1)CCCCC2. The van der Waals surface area contributed by atoms with Crippen LogP contribution in [0.25, 0.3) is 0 Å². The molecule has 0 heterocycles. The van der Waals surface area contributed by atoms with E-state index in [9.17, 15) is 4.79 Å². The van der Waals surface area contributed by atoms with Crippen LogP contribution in [0.1, 0.15) is 55.2 Å². The lowest BCUT2D eigenvalue weighted by Crippen LogP contribution is -2.04. The van der Waals surface area contributed by atoms with E-state index < -0.39 is 5.97 Å². The molecule has 1 unspecified atom stereocenters. The van der Waals surface area contributed by atoms with E-state index >= 15 is 0 Å². The second-order valence-electron chi connectivity index (χ2n) is 5.09. The maximum Gasteiger partial charge on any atom is 0.303 e. The largest absolute Gasteiger partial charge is 0.481 e. The first-order valence-corrected chi connectivity index (χ1v) is 6.50. The summed E-state index contributed by atoms with van der Waals surface area (Å²) in [6.07, 6.45) is 6.43. The van der Waals surface area contributed by atoms with Crippen molar-refractivity contribution in [3.8, 4) is 0 Å². The Balaban J connectivity index is 2.20. The molecular weight excluding hydrogens is 212 g/mol. The number of benzene rings is 1. The Bertz CT molecular complexity index is 409. The smallest absolute Gasteiger partial charge is 0.303 e. The van der Waals surface area contributed by atoms with Gasteiger partial charge in [-0.3, -0.25) is 4.79 Å². The molecule has 0 fully saturated rings. The zero-order valence-corrected chi connectivity index (χ0v) is 10.4. The number of fused-ring (bicyclic) bond motifs is 1. The minimum atomic E-state index is -0.715. The zero-order valence-electron chi connectivity index (χ0n) is 10.4. The fourth-order valence-electron chi connectivity index (χ4n) is 2.62. The highest BCUT2D eigenvalue weighted by Crippen LogP contribution is 2.26. The highest BCUT2D eigenvalue weighted by Gasteiger charge is 2.13. The molecule has 0 amide bonds. The zero-order chi connectivity index (χ0) is 12.3. The molecule has 1 atom stereocenters. The van der Waals surface area contributed by atoms with Crippen LogP contribution in [0.5, 0.6) is 0 Å². The van der Waals surface area contributed by atoms with Crippen LogP contribution in [-0.2, 0) is 17.6 Å². The Morgan fingerprint density at radius 2 is 1.94 bits per heavy atom. The van der Waals surface area contributed by atoms with Crippen molar-refractivity contribution in [3.05, 3.63) is 34.9 Å². The molecule has 2 rings (SSSR count). The van der Waals surface area contributed by atoms with E-state index in [1.165, 1.54) is 42.4 Å². The van der Waals surface area contributed by atoms with Crippen LogP contribution in [0.4, 0.5) is 0 Å². The van der Waals surface area contributed by atoms with Gasteiger partial charge in [0, 0.05) is 0 Å². The summed E-state index contributed by atoms with van der Waals surface area (Å²) in [4.78, 5) is 10.7. The monoisotopic (exact) mass is 232 g/mol. The lowest BCUT2D eigenvalue weighted by Gasteiger charge is -2.13. The second-order valence-corrected chi connectivity index (χ2v) is 5.09. The van der Waals surface area contributed by atoms with Crippen molar-refractivity contribution in [2.75, 3.05) is 0 Å². The van der Waals surface area contributed by atoms with Crippen molar-refractivity contribution in [2.45, 2.75) is 51.4 Å². The number of hydrogen-bond acceptors (Lipinski definition) is 1. The van der Waals surface area contributed by atoms with E-state index in [2.05, 4.69) is 18.2 Å². The predicted octanol–water partition coefficient (Wildman–Crippen LogP) is 3.53. The van der Waals surface area contributed by atoms with Gasteiger partial charge in [-0.05, 0) is 48.3 Å². The fraction of sp³-hybridized carbons (Fsp3) is 0.533. The van der Waals surface area contributed by atoms with E-state index in [1.54, 1.807) is 0 Å². The van der Waals surface area contributed by atoms with Crippen LogP contribution in [0, 0.1) is 0 Å². The van der Waals surface area contributed by atoms with Gasteiger partial charge in [-0.25, -0.2) is 0 Å². The molecule has 1 aromatic rings. The van der Waals surface area contributed by atoms with Crippen LogP contribution < -0.4 is 0 Å². The minimum absolute atomic E-state index is 0.112. The third-order valence-corrected chi connectivity index (χ3v) is 3.67. The average molecular weight is 232 g/mol. The molecule has 0 bridgehead atoms. The molecule has 1 aromatic carbocycles. The van der Waals surface area contributed by atoms with Crippen LogP contribution in [-0.4, -0.2) is 11.1 Å². The molecular formula is C15H20O2. The van der Waals surface area contributed by atoms with E-state index in [1.807, 2.05) is 6.92 Å². The quantitative estimate of drug-likeness (QED) is 0.809. The molecule has 2 heteroatoms. The molecule has 0 aromatic heterocycles. The van der Waals surface area contributed by atoms with Crippen molar-refractivity contribution in [1.82, 2.24) is 0 Å². The summed E-state index contributed by atoms with van der Waals surface area (Å²) in [5, 5.41) is 8.83. The summed E-state index contributed by atoms with van der Waals surface area (Å²) in [6.45, 7) is 1.99. The molecule has 92 valence electrons. The summed E-state index contributed by atoms with van der Waals surface area (Å²) in [5.74, 6) is -0.603. The molecule has 2 nitrogen and oxygen atoms in total. The van der Waals surface area contributed by atoms with Gasteiger partial charge in [-0.1, -0.05) is 31.5 Å². The maximum absolute atomic E-state index is 10.7. The highest BCUT2D eigenvalue weighted by molar-refractivity contribution is 5.68. The molecule has 0 spiro atoms. The Morgan fingerprint density at radius 1 is 1.24 bits per heavy atom. The molecule has 0 saturated heterocycles. The summed E-state index contributed by atoms with van der Waals surface area (Å²) in [6, 6.07) is 6.54. The lowest BCUT2D eigenvalue weighted by atomic mass is 9.92. The summed E-state index contributed by atoms with van der Waals surface area (Å²) >= 11 is 0. The van der Waals surface area contributed by atoms with Gasteiger partial charge < -0.3 is 5.11 Å². The number of hydrogen-bond donors (Lipinski definition) is 1. The third-order valence-electron chi connectivity index (χ3n) is 3.67. The minimum Gasteiger partial charge on any atom is -0.481 e. The van der Waals surface area contributed by atoms with Gasteiger partial charge in [-0.2, -0.15) is 0 Å². The van der Waals surface area contributed by atoms with Gasteiger partial charge in [0.25, 0.3) is 0 Å². The highest BCUT2D eigenvalue weighted by atomic mass is 16.4. The standard InChI is InChI=1S/C15H20O2/c1-11(9-15(16)17)13-8-7-12-5-3-2-4-6-14(12)10-13/h7-8,10-11H,2-6,9H2,1H3,(H,16,17). The van der Waals surface area contributed by atoms with Crippen molar-refractivity contribution in [1.29, 1.82) is 0 Å². The van der Waals surface area contributed by atoms with Gasteiger partial charge >= 0.3 is 5.97 Å². The number of carboxylic acids is 1. The van der Waals surface area contributed by atoms with E-state index in [-0.39, 0.29) is 12.3 Å². The lowest BCUT2D eigenvalue weighted by molar-refractivity contribution is -0.137. The first kappa shape index (κ1) is 12.2. The van der Waals surface area contributed by atoms with E-state index in [4.69, 9.17) is 5.11 Å². The van der Waals surface area contributed by atoms with Crippen molar-refractivity contribution in [2.24, 2.45) is 0 Å². The van der Waals surface area contributed by atoms with Crippen molar-refractivity contribution < 1.29 is 9.90 Å². The van der Waals surface area contributed by atoms with Gasteiger partial charge in [-0.15, -0.1) is 0 Å². The van der Waals surface area contributed by atoms with Crippen LogP contribution in [0.2, 0.25) is 0 Å². The van der Waals surface area contributed by atoms with Gasteiger partial charge in [0.2, 0.25) is 0 Å². The number of carbonyl (C=O) groups is 1. The molecule has 0 saturated carbocycles. The summed E-state index contributed by atoms with van der Waals surface area (Å²) in [7, 11) is 0. The van der Waals surface area contributed by atoms with Gasteiger partial charge in [0.05, 0.1) is 6.42 Å². The van der Waals surface area contributed by atoms with Crippen molar-refractivity contribution >= 4 is 5.97 Å². The number of rotatable bonds is 3. The molecule has 0 aliphatic heterocycles. The van der Waals surface area contributed by atoms with Crippen LogP contribution >= 0.6 is 0 Å². The molecule has 1 aliphatic rings. The summed E-state index contributed by atoms with van der Waals surface area (Å²) < 4.78 is 0. The predicted molar refractivity (Wildman–Crippen MR) is 68.4 cm³/mol. The molecule has 17 heavy (non-hydrogen) atoms. The third kappa shape index (κ3) is 3.09. The average Bonchev–Trinajstić information content (AvgIpc) is 2.51. The number of aliphatic carboxylic acids is 1. The second kappa shape index (κ2) is 5.35. The summed E-state index contributed by atoms with van der Waals surface area (Å²) in [5.41, 5.74) is 4.08. The van der Waals surface area contributed by atoms with Crippen LogP contribution in [0.3, 0.4) is 0 Å². The normalized spacial score (nSPS) is 17.0. The first-order chi connectivity index (χ1) is 8.16. The molecule has 1 aliphatic carbocycles. The fourth-order valence-corrected chi connectivity index (χ4v) is 2.62. The Morgan fingerprint density at radius 3 is 2.65 bits per heavy atom. The Labute approximate surface area is 103 Å². The van der Waals surface area contributed by atoms with Gasteiger partial charge in [0.1, 0.15) is 0 Å². The van der Waals surface area contributed by atoms with Crippen molar-refractivity contribution in [3.63, 3.8) is 0 Å². The maximum atomic E-state index is 10.7. The Kier molecular flexibility index (Phi) is 3.82. The van der Waals surface area contributed by atoms with Gasteiger partial charge in [0.15, 0.2) is 0 Å². The molecule has 1 N–H and O–H groups in total. The molecule has 0 radical (unpaired) electrons. The Hall–Kier alpha value is -1.31. The van der Waals surface area contributed by atoms with E-state index in [0.717, 1.165) is 6.42 Å². The first-order valence-electron chi connectivity index (χ1n) is 6.50. The topological polar surface area (TPSA) is 37.3 Å². The van der Waals surface area contributed by atoms with Crippen LogP contribution in [0.15, 0.2) is 18.2 Å². The number of aryl methyl sites for hydroxylation is 2.